The summed E-state index contributed by atoms with van der Waals surface area (Å²) in [5, 5.41) is 6.35. The third-order valence-electron chi connectivity index (χ3n) is 5.13. The van der Waals surface area contributed by atoms with Crippen molar-refractivity contribution in [2.24, 2.45) is 0 Å². The Morgan fingerprint density at radius 3 is 2.36 bits per heavy atom. The highest BCUT2D eigenvalue weighted by molar-refractivity contribution is 6.07. The van der Waals surface area contributed by atoms with Crippen LogP contribution >= 0.6 is 0 Å². The van der Waals surface area contributed by atoms with E-state index in [1.165, 1.54) is 12.1 Å². The molecule has 1 aromatic heterocycles. The summed E-state index contributed by atoms with van der Waals surface area (Å²) < 4.78 is 26.0. The SMILES string of the molecule is C=CCOC(=O)NC(Cc1cc(C2CCCN2C(=O)OC(C)(C)C)no1)(C(=O)OCC)C(=O)OCC. The van der Waals surface area contributed by atoms with E-state index in [4.69, 9.17) is 23.5 Å². The molecule has 12 nitrogen and oxygen atoms in total. The Labute approximate surface area is 210 Å². The van der Waals surface area contributed by atoms with Crippen molar-refractivity contribution in [2.75, 3.05) is 26.4 Å². The highest BCUT2D eigenvalue weighted by Crippen LogP contribution is 2.33. The molecule has 0 aromatic carbocycles. The van der Waals surface area contributed by atoms with Gasteiger partial charge >= 0.3 is 24.1 Å². The zero-order valence-corrected chi connectivity index (χ0v) is 21.5. The molecule has 1 aliphatic rings. The van der Waals surface area contributed by atoms with Crippen molar-refractivity contribution < 1.29 is 42.6 Å². The van der Waals surface area contributed by atoms with E-state index in [0.29, 0.717) is 18.7 Å². The number of alkyl carbamates (subject to hydrolysis) is 1. The average Bonchev–Trinajstić information content (AvgIpc) is 3.45. The molecule has 12 heteroatoms. The maximum Gasteiger partial charge on any atom is 0.410 e. The van der Waals surface area contributed by atoms with E-state index in [-0.39, 0.29) is 25.6 Å². The lowest BCUT2D eigenvalue weighted by atomic mass is 9.93. The molecule has 0 bridgehead atoms. The molecule has 1 N–H and O–H groups in total. The Morgan fingerprint density at radius 2 is 1.81 bits per heavy atom. The molecule has 36 heavy (non-hydrogen) atoms. The van der Waals surface area contributed by atoms with Gasteiger partial charge in [0.1, 0.15) is 23.7 Å². The van der Waals surface area contributed by atoms with Crippen molar-refractivity contribution in [3.8, 4) is 0 Å². The van der Waals surface area contributed by atoms with Gasteiger partial charge in [0.25, 0.3) is 0 Å². The normalized spacial score (nSPS) is 15.7. The molecule has 2 rings (SSSR count). The van der Waals surface area contributed by atoms with Crippen LogP contribution in [-0.4, -0.2) is 71.7 Å². The molecular weight excluding hydrogens is 474 g/mol. The van der Waals surface area contributed by atoms with E-state index >= 15 is 0 Å². The zero-order chi connectivity index (χ0) is 26.9. The van der Waals surface area contributed by atoms with Gasteiger partial charge in [-0.2, -0.15) is 0 Å². The summed E-state index contributed by atoms with van der Waals surface area (Å²) in [7, 11) is 0. The largest absolute Gasteiger partial charge is 0.464 e. The Kier molecular flexibility index (Phi) is 9.88. The number of rotatable bonds is 10. The fourth-order valence-corrected chi connectivity index (χ4v) is 3.67. The fourth-order valence-electron chi connectivity index (χ4n) is 3.67. The van der Waals surface area contributed by atoms with Gasteiger partial charge in [0.05, 0.1) is 25.7 Å². The Balaban J connectivity index is 2.36. The second-order valence-electron chi connectivity index (χ2n) is 9.09. The van der Waals surface area contributed by atoms with Gasteiger partial charge in [0.15, 0.2) is 0 Å². The monoisotopic (exact) mass is 509 g/mol. The molecule has 1 aliphatic heterocycles. The highest BCUT2D eigenvalue weighted by Gasteiger charge is 2.52. The lowest BCUT2D eigenvalue weighted by molar-refractivity contribution is -0.166. The van der Waals surface area contributed by atoms with Crippen molar-refractivity contribution in [1.82, 2.24) is 15.4 Å². The number of esters is 2. The van der Waals surface area contributed by atoms with Crippen LogP contribution in [0.4, 0.5) is 9.59 Å². The second-order valence-corrected chi connectivity index (χ2v) is 9.09. The number of aromatic nitrogens is 1. The summed E-state index contributed by atoms with van der Waals surface area (Å²) in [5.41, 5.74) is -2.53. The van der Waals surface area contributed by atoms with Crippen LogP contribution in [0.3, 0.4) is 0 Å². The first kappa shape index (κ1) is 28.7. The third kappa shape index (κ3) is 7.22. The number of hydrogen-bond acceptors (Lipinski definition) is 10. The van der Waals surface area contributed by atoms with Gasteiger partial charge in [-0.3, -0.25) is 10.2 Å². The van der Waals surface area contributed by atoms with Gasteiger partial charge in [0, 0.05) is 12.6 Å². The molecule has 1 unspecified atom stereocenters. The second kappa shape index (κ2) is 12.4. The van der Waals surface area contributed by atoms with Crippen LogP contribution in [0, 0.1) is 0 Å². The lowest BCUT2D eigenvalue weighted by Gasteiger charge is -2.28. The summed E-state index contributed by atoms with van der Waals surface area (Å²) in [5.74, 6) is -2.01. The smallest absolute Gasteiger partial charge is 0.410 e. The minimum Gasteiger partial charge on any atom is -0.464 e. The maximum absolute atomic E-state index is 13.0. The lowest BCUT2D eigenvalue weighted by Crippen LogP contribution is -2.63. The van der Waals surface area contributed by atoms with Crippen LogP contribution in [0.25, 0.3) is 0 Å². The maximum atomic E-state index is 13.0. The van der Waals surface area contributed by atoms with Gasteiger partial charge < -0.3 is 23.5 Å². The van der Waals surface area contributed by atoms with E-state index in [2.05, 4.69) is 17.1 Å². The van der Waals surface area contributed by atoms with E-state index < -0.39 is 47.7 Å². The van der Waals surface area contributed by atoms with Crippen LogP contribution in [0.1, 0.15) is 65.0 Å². The molecule has 2 amide bonds. The molecule has 1 atom stereocenters. The molecule has 200 valence electrons. The van der Waals surface area contributed by atoms with Crippen molar-refractivity contribution in [3.63, 3.8) is 0 Å². The molecular formula is C24H35N3O9. The van der Waals surface area contributed by atoms with Gasteiger partial charge in [-0.1, -0.05) is 17.8 Å². The minimum absolute atomic E-state index is 0.0576. The van der Waals surface area contributed by atoms with Crippen LogP contribution in [0.15, 0.2) is 23.2 Å². The number of nitrogens with one attached hydrogen (secondary N) is 1. The molecule has 0 radical (unpaired) electrons. The topological polar surface area (TPSA) is 146 Å². The van der Waals surface area contributed by atoms with Gasteiger partial charge in [-0.15, -0.1) is 0 Å². The summed E-state index contributed by atoms with van der Waals surface area (Å²) in [6.07, 6.45) is 0.698. The number of likely N-dealkylation sites (tertiary alicyclic amines) is 1. The molecule has 0 saturated carbocycles. The average molecular weight is 510 g/mol. The predicted molar refractivity (Wildman–Crippen MR) is 126 cm³/mol. The van der Waals surface area contributed by atoms with E-state index in [1.54, 1.807) is 39.5 Å². The number of nitrogens with zero attached hydrogens (tertiary/aromatic N) is 2. The Hall–Kier alpha value is -3.57. The molecule has 0 aliphatic carbocycles. The van der Waals surface area contributed by atoms with E-state index in [1.807, 2.05) is 0 Å². The van der Waals surface area contributed by atoms with Crippen molar-refractivity contribution >= 4 is 24.1 Å². The first-order valence-electron chi connectivity index (χ1n) is 11.8. The van der Waals surface area contributed by atoms with Gasteiger partial charge in [-0.05, 0) is 47.5 Å². The summed E-state index contributed by atoms with van der Waals surface area (Å²) in [4.78, 5) is 52.6. The van der Waals surface area contributed by atoms with E-state index in [9.17, 15) is 19.2 Å². The van der Waals surface area contributed by atoms with Crippen molar-refractivity contribution in [3.05, 3.63) is 30.2 Å². The van der Waals surface area contributed by atoms with Crippen molar-refractivity contribution in [2.45, 2.75) is 71.1 Å². The Morgan fingerprint density at radius 1 is 1.17 bits per heavy atom. The van der Waals surface area contributed by atoms with Crippen molar-refractivity contribution in [1.29, 1.82) is 0 Å². The number of ether oxygens (including phenoxy) is 4. The first-order chi connectivity index (χ1) is 17.0. The molecule has 1 saturated heterocycles. The summed E-state index contributed by atoms with van der Waals surface area (Å²) in [6, 6.07) is 1.11. The predicted octanol–water partition coefficient (Wildman–Crippen LogP) is 3.07. The first-order valence-corrected chi connectivity index (χ1v) is 11.8. The minimum atomic E-state index is -2.29. The highest BCUT2D eigenvalue weighted by atomic mass is 16.6. The van der Waals surface area contributed by atoms with Crippen LogP contribution in [-0.2, 0) is 35.0 Å². The van der Waals surface area contributed by atoms with Crippen LogP contribution in [0.2, 0.25) is 0 Å². The number of carbonyl (C=O) groups is 4. The number of amides is 2. The van der Waals surface area contributed by atoms with Gasteiger partial charge in [0.2, 0.25) is 5.54 Å². The molecule has 2 heterocycles. The van der Waals surface area contributed by atoms with E-state index in [0.717, 1.165) is 6.42 Å². The Bertz CT molecular complexity index is 933. The standard InChI is InChI=1S/C24H35N3O9/c1-7-13-34-21(30)25-24(19(28)32-8-2,20(29)33-9-3)15-16-14-17(26-36-16)18-11-10-12-27(18)22(31)35-23(4,5)6/h7,14,18H,1,8-13,15H2,2-6H3,(H,25,30). The third-order valence-corrected chi connectivity index (χ3v) is 5.13. The number of hydrogen-bond donors (Lipinski definition) is 1. The van der Waals surface area contributed by atoms with Crippen LogP contribution < -0.4 is 5.32 Å². The molecule has 0 spiro atoms. The quantitative estimate of drug-likeness (QED) is 0.216. The summed E-state index contributed by atoms with van der Waals surface area (Å²) in [6.45, 7) is 12.1. The molecule has 1 fully saturated rings. The number of carbonyl (C=O) groups excluding carboxylic acids is 4. The zero-order valence-electron chi connectivity index (χ0n) is 21.5. The van der Waals surface area contributed by atoms with Crippen LogP contribution in [0.5, 0.6) is 0 Å². The van der Waals surface area contributed by atoms with Gasteiger partial charge in [-0.25, -0.2) is 19.2 Å². The fraction of sp³-hybridized carbons (Fsp3) is 0.625. The summed E-state index contributed by atoms with van der Waals surface area (Å²) >= 11 is 0. The molecule has 1 aromatic rings.